The molecule has 0 aromatic heterocycles. The molecule has 3 atom stereocenters. The highest BCUT2D eigenvalue weighted by Crippen LogP contribution is 2.38. The van der Waals surface area contributed by atoms with E-state index in [0.29, 0.717) is 6.61 Å². The van der Waals surface area contributed by atoms with Gasteiger partial charge in [0, 0.05) is 25.2 Å². The average molecular weight is 289 g/mol. The van der Waals surface area contributed by atoms with Crippen molar-refractivity contribution in [2.75, 3.05) is 19.7 Å². The topological polar surface area (TPSA) is 32.7 Å². The lowest BCUT2D eigenvalue weighted by molar-refractivity contribution is 0.198. The van der Waals surface area contributed by atoms with Crippen LogP contribution in [-0.2, 0) is 6.54 Å². The largest absolute Gasteiger partial charge is 0.494 e. The van der Waals surface area contributed by atoms with E-state index in [4.69, 9.17) is 4.74 Å². The summed E-state index contributed by atoms with van der Waals surface area (Å²) in [5, 5.41) is 9.81. The summed E-state index contributed by atoms with van der Waals surface area (Å²) in [6.07, 6.45) is 3.82. The van der Waals surface area contributed by atoms with E-state index in [1.807, 2.05) is 26.0 Å². The molecular formula is C18H27NO2. The molecule has 1 heterocycles. The third-order valence-electron chi connectivity index (χ3n) is 5.06. The zero-order chi connectivity index (χ0) is 14.8. The number of rotatable bonds is 5. The number of aliphatic hydroxyl groups excluding tert-OH is 1. The molecule has 3 heteroatoms. The molecule has 21 heavy (non-hydrogen) atoms. The van der Waals surface area contributed by atoms with E-state index in [2.05, 4.69) is 11.0 Å². The molecular weight excluding hydrogens is 262 g/mol. The summed E-state index contributed by atoms with van der Waals surface area (Å²) in [7, 11) is 0. The second-order valence-corrected chi connectivity index (χ2v) is 6.62. The average Bonchev–Trinajstić information content (AvgIpc) is 3.01. The van der Waals surface area contributed by atoms with Gasteiger partial charge in [0.2, 0.25) is 0 Å². The lowest BCUT2D eigenvalue weighted by Gasteiger charge is -2.20. The quantitative estimate of drug-likeness (QED) is 0.902. The minimum atomic E-state index is -0.419. The molecule has 2 fully saturated rings. The third-order valence-corrected chi connectivity index (χ3v) is 5.06. The van der Waals surface area contributed by atoms with Gasteiger partial charge in [0.1, 0.15) is 5.75 Å². The van der Waals surface area contributed by atoms with Crippen LogP contribution < -0.4 is 4.74 Å². The first kappa shape index (κ1) is 14.9. The minimum absolute atomic E-state index is 0.419. The molecule has 116 valence electrons. The molecule has 0 spiro atoms. The smallest absolute Gasteiger partial charge is 0.123 e. The summed E-state index contributed by atoms with van der Waals surface area (Å²) in [4.78, 5) is 2.57. The second kappa shape index (κ2) is 6.37. The van der Waals surface area contributed by atoms with Crippen LogP contribution in [0.15, 0.2) is 18.2 Å². The van der Waals surface area contributed by atoms with Crippen molar-refractivity contribution in [3.05, 3.63) is 29.3 Å². The van der Waals surface area contributed by atoms with Crippen molar-refractivity contribution < 1.29 is 9.84 Å². The normalized spacial score (nSPS) is 26.8. The van der Waals surface area contributed by atoms with Crippen LogP contribution in [0.3, 0.4) is 0 Å². The molecule has 1 aromatic carbocycles. The Morgan fingerprint density at radius 1 is 1.29 bits per heavy atom. The molecule has 1 aromatic rings. The van der Waals surface area contributed by atoms with Crippen molar-refractivity contribution in [3.63, 3.8) is 0 Å². The molecule has 1 N–H and O–H groups in total. The van der Waals surface area contributed by atoms with Gasteiger partial charge in [0.25, 0.3) is 0 Å². The maximum atomic E-state index is 9.81. The van der Waals surface area contributed by atoms with Crippen molar-refractivity contribution in [1.29, 1.82) is 0 Å². The van der Waals surface area contributed by atoms with Gasteiger partial charge < -0.3 is 9.84 Å². The molecule has 1 saturated heterocycles. The number of ether oxygens (including phenoxy) is 1. The highest BCUT2D eigenvalue weighted by molar-refractivity contribution is 5.38. The fraction of sp³-hybridized carbons (Fsp3) is 0.667. The van der Waals surface area contributed by atoms with Gasteiger partial charge in [0.15, 0.2) is 0 Å². The molecule has 3 nitrogen and oxygen atoms in total. The Balaban J connectivity index is 1.74. The van der Waals surface area contributed by atoms with Crippen LogP contribution in [0.5, 0.6) is 5.75 Å². The van der Waals surface area contributed by atoms with Crippen molar-refractivity contribution >= 4 is 0 Å². The molecule has 0 radical (unpaired) electrons. The van der Waals surface area contributed by atoms with Crippen molar-refractivity contribution in [2.45, 2.75) is 45.8 Å². The fourth-order valence-electron chi connectivity index (χ4n) is 3.98. The van der Waals surface area contributed by atoms with E-state index in [0.717, 1.165) is 29.7 Å². The molecule has 1 saturated carbocycles. The highest BCUT2D eigenvalue weighted by atomic mass is 16.5. The molecule has 3 rings (SSSR count). The SMILES string of the molecule is CCOc1ccc(C(C)O)cc1CN1CC2CCCC2C1. The number of hydrogen-bond donors (Lipinski definition) is 1. The number of nitrogens with zero attached hydrogens (tertiary/aromatic N) is 1. The molecule has 1 aliphatic carbocycles. The van der Waals surface area contributed by atoms with E-state index in [-0.39, 0.29) is 0 Å². The van der Waals surface area contributed by atoms with Crippen molar-refractivity contribution in [1.82, 2.24) is 4.90 Å². The van der Waals surface area contributed by atoms with E-state index in [1.165, 1.54) is 37.9 Å². The predicted octanol–water partition coefficient (Wildman–Crippen LogP) is 3.37. The molecule has 3 unspecified atom stereocenters. The van der Waals surface area contributed by atoms with Gasteiger partial charge in [-0.25, -0.2) is 0 Å². The van der Waals surface area contributed by atoms with Crippen LogP contribution in [0, 0.1) is 11.8 Å². The summed E-state index contributed by atoms with van der Waals surface area (Å²) >= 11 is 0. The first-order chi connectivity index (χ1) is 10.2. The Morgan fingerprint density at radius 3 is 2.62 bits per heavy atom. The van der Waals surface area contributed by atoms with Crippen LogP contribution in [0.2, 0.25) is 0 Å². The number of likely N-dealkylation sites (tertiary alicyclic amines) is 1. The monoisotopic (exact) mass is 289 g/mol. The van der Waals surface area contributed by atoms with Gasteiger partial charge in [-0.1, -0.05) is 12.5 Å². The fourth-order valence-corrected chi connectivity index (χ4v) is 3.98. The molecule has 0 bridgehead atoms. The number of fused-ring (bicyclic) bond motifs is 1. The lowest BCUT2D eigenvalue weighted by Crippen LogP contribution is -2.21. The molecule has 0 amide bonds. The standard InChI is InChI=1S/C18H27NO2/c1-3-21-18-8-7-14(13(2)20)9-17(18)12-19-10-15-5-4-6-16(15)11-19/h7-9,13,15-16,20H,3-6,10-12H2,1-2H3. The second-order valence-electron chi connectivity index (χ2n) is 6.62. The van der Waals surface area contributed by atoms with Crippen molar-refractivity contribution in [2.24, 2.45) is 11.8 Å². The van der Waals surface area contributed by atoms with E-state index < -0.39 is 6.10 Å². The first-order valence-corrected chi connectivity index (χ1v) is 8.33. The van der Waals surface area contributed by atoms with Gasteiger partial charge in [-0.15, -0.1) is 0 Å². The lowest BCUT2D eigenvalue weighted by atomic mass is 10.0. The summed E-state index contributed by atoms with van der Waals surface area (Å²) in [6.45, 7) is 7.94. The maximum absolute atomic E-state index is 9.81. The highest BCUT2D eigenvalue weighted by Gasteiger charge is 2.36. The van der Waals surface area contributed by atoms with Gasteiger partial charge in [0.05, 0.1) is 12.7 Å². The summed E-state index contributed by atoms with van der Waals surface area (Å²) in [5.74, 6) is 2.81. The minimum Gasteiger partial charge on any atom is -0.494 e. The van der Waals surface area contributed by atoms with Crippen LogP contribution in [0.1, 0.15) is 50.3 Å². The summed E-state index contributed by atoms with van der Waals surface area (Å²) in [5.41, 5.74) is 2.20. The Labute approximate surface area is 127 Å². The van der Waals surface area contributed by atoms with E-state index >= 15 is 0 Å². The zero-order valence-electron chi connectivity index (χ0n) is 13.2. The van der Waals surface area contributed by atoms with Crippen LogP contribution >= 0.6 is 0 Å². The Hall–Kier alpha value is -1.06. The van der Waals surface area contributed by atoms with Gasteiger partial charge in [-0.3, -0.25) is 4.90 Å². The van der Waals surface area contributed by atoms with Crippen LogP contribution in [-0.4, -0.2) is 29.7 Å². The molecule has 1 aliphatic heterocycles. The first-order valence-electron chi connectivity index (χ1n) is 8.33. The maximum Gasteiger partial charge on any atom is 0.123 e. The Bertz CT molecular complexity index is 474. The predicted molar refractivity (Wildman–Crippen MR) is 84.4 cm³/mol. The third kappa shape index (κ3) is 3.24. The van der Waals surface area contributed by atoms with Crippen LogP contribution in [0.4, 0.5) is 0 Å². The van der Waals surface area contributed by atoms with Gasteiger partial charge in [-0.2, -0.15) is 0 Å². The summed E-state index contributed by atoms with van der Waals surface area (Å²) in [6, 6.07) is 6.10. The van der Waals surface area contributed by atoms with Crippen LogP contribution in [0.25, 0.3) is 0 Å². The van der Waals surface area contributed by atoms with Gasteiger partial charge in [-0.05, 0) is 56.2 Å². The Kier molecular flexibility index (Phi) is 4.51. The van der Waals surface area contributed by atoms with E-state index in [1.54, 1.807) is 0 Å². The van der Waals surface area contributed by atoms with Crippen molar-refractivity contribution in [3.8, 4) is 5.75 Å². The zero-order valence-corrected chi connectivity index (χ0v) is 13.2. The van der Waals surface area contributed by atoms with Gasteiger partial charge >= 0.3 is 0 Å². The number of hydrogen-bond acceptors (Lipinski definition) is 3. The summed E-state index contributed by atoms with van der Waals surface area (Å²) < 4.78 is 5.77. The Morgan fingerprint density at radius 2 is 2.00 bits per heavy atom. The molecule has 2 aliphatic rings. The van der Waals surface area contributed by atoms with E-state index in [9.17, 15) is 5.11 Å². The number of benzene rings is 1. The number of aliphatic hydroxyl groups is 1.